The van der Waals surface area contributed by atoms with Gasteiger partial charge in [0, 0.05) is 17.7 Å². The molecule has 1 aliphatic heterocycles. The first-order valence-electron chi connectivity index (χ1n) is 12.1. The number of nitrogens with zero attached hydrogens (tertiary/aromatic N) is 4. The lowest BCUT2D eigenvalue weighted by Gasteiger charge is -2.38. The van der Waals surface area contributed by atoms with E-state index in [-0.39, 0.29) is 38.3 Å². The Hall–Kier alpha value is -3.07. The molecule has 5 rings (SSSR count). The minimum Gasteiger partial charge on any atom is -0.384 e. The molecule has 0 saturated heterocycles. The number of anilines is 2. The molecule has 8 nitrogen and oxygen atoms in total. The van der Waals surface area contributed by atoms with Gasteiger partial charge in [-0.15, -0.1) is 10.2 Å². The molecule has 0 spiro atoms. The fourth-order valence-electron chi connectivity index (χ4n) is 4.77. The molecule has 1 amide bonds. The molecule has 1 aliphatic carbocycles. The molecule has 1 aromatic heterocycles. The molecule has 204 valence electrons. The fourth-order valence-corrected chi connectivity index (χ4v) is 7.05. The Balaban J connectivity index is 1.41. The lowest BCUT2D eigenvalue weighted by molar-refractivity contribution is -0.116. The van der Waals surface area contributed by atoms with E-state index in [1.807, 2.05) is 31.2 Å². The number of hydrogen-bond donors (Lipinski definition) is 2. The van der Waals surface area contributed by atoms with Crippen LogP contribution in [0.25, 0.3) is 0 Å². The molecule has 0 saturated carbocycles. The van der Waals surface area contributed by atoms with E-state index in [0.717, 1.165) is 16.8 Å². The van der Waals surface area contributed by atoms with Gasteiger partial charge in [-0.3, -0.25) is 14.5 Å². The highest BCUT2D eigenvalue weighted by Crippen LogP contribution is 2.47. The number of carbonyl (C=O) groups excluding carboxylic acids is 2. The lowest BCUT2D eigenvalue weighted by atomic mass is 9.75. The smallest absolute Gasteiger partial charge is 0.234 e. The normalized spacial score (nSPS) is 17.1. The van der Waals surface area contributed by atoms with E-state index in [4.69, 9.17) is 40.5 Å². The van der Waals surface area contributed by atoms with Crippen LogP contribution in [0.4, 0.5) is 10.8 Å². The molecule has 2 aliphatic rings. The third kappa shape index (κ3) is 5.57. The molecule has 3 N–H and O–H groups in total. The van der Waals surface area contributed by atoms with Crippen molar-refractivity contribution in [3.05, 3.63) is 85.3 Å². The molecule has 0 radical (unpaired) electrons. The van der Waals surface area contributed by atoms with Gasteiger partial charge >= 0.3 is 0 Å². The SMILES string of the molecule is Cc1cccc(C2C(C#N)=C(N)N(c3nnc(SCC(=O)Nc4cc(Cl)c(Cl)cc4Cl)s3)C3=C2C(=O)CCC3)c1. The van der Waals surface area contributed by atoms with E-state index in [1.54, 1.807) is 4.90 Å². The second-order valence-corrected chi connectivity index (χ2v) is 12.6. The van der Waals surface area contributed by atoms with Crippen LogP contribution < -0.4 is 16.0 Å². The number of benzene rings is 2. The Labute approximate surface area is 253 Å². The molecule has 1 unspecified atom stereocenters. The summed E-state index contributed by atoms with van der Waals surface area (Å²) in [7, 11) is 0. The minimum absolute atomic E-state index is 0.00486. The summed E-state index contributed by atoms with van der Waals surface area (Å²) in [5.41, 5.74) is 10.4. The monoisotopic (exact) mass is 630 g/mol. The Morgan fingerprint density at radius 1 is 1.20 bits per heavy atom. The van der Waals surface area contributed by atoms with Gasteiger partial charge < -0.3 is 11.1 Å². The number of carbonyl (C=O) groups is 2. The van der Waals surface area contributed by atoms with Crippen molar-refractivity contribution in [3.8, 4) is 6.07 Å². The Kier molecular flexibility index (Phi) is 8.40. The molecule has 2 aromatic carbocycles. The van der Waals surface area contributed by atoms with Crippen LogP contribution in [0.5, 0.6) is 0 Å². The number of ketones is 1. The number of nitriles is 1. The molecule has 3 aromatic rings. The second-order valence-electron chi connectivity index (χ2n) is 9.16. The van der Waals surface area contributed by atoms with Crippen molar-refractivity contribution < 1.29 is 9.59 Å². The summed E-state index contributed by atoms with van der Waals surface area (Å²) in [4.78, 5) is 27.5. The van der Waals surface area contributed by atoms with Gasteiger partial charge in [0.25, 0.3) is 0 Å². The summed E-state index contributed by atoms with van der Waals surface area (Å²) in [6.07, 6.45) is 1.68. The van der Waals surface area contributed by atoms with Crippen molar-refractivity contribution >= 4 is 80.4 Å². The van der Waals surface area contributed by atoms with E-state index in [0.29, 0.717) is 45.6 Å². The van der Waals surface area contributed by atoms with Gasteiger partial charge in [-0.05, 0) is 37.5 Å². The number of nitrogens with one attached hydrogen (secondary N) is 1. The van der Waals surface area contributed by atoms with Crippen LogP contribution >= 0.6 is 57.9 Å². The van der Waals surface area contributed by atoms with E-state index in [9.17, 15) is 14.9 Å². The molecule has 13 heteroatoms. The van der Waals surface area contributed by atoms with E-state index < -0.39 is 5.92 Å². The Morgan fingerprint density at radius 3 is 2.73 bits per heavy atom. The van der Waals surface area contributed by atoms with Crippen molar-refractivity contribution in [3.63, 3.8) is 0 Å². The van der Waals surface area contributed by atoms with Crippen LogP contribution in [0, 0.1) is 18.3 Å². The number of nitrogens with two attached hydrogens (primary N) is 1. The highest BCUT2D eigenvalue weighted by atomic mass is 35.5. The summed E-state index contributed by atoms with van der Waals surface area (Å²) in [6.45, 7) is 1.97. The van der Waals surface area contributed by atoms with Gasteiger partial charge in [-0.1, -0.05) is 87.7 Å². The quantitative estimate of drug-likeness (QED) is 0.224. The number of aromatic nitrogens is 2. The summed E-state index contributed by atoms with van der Waals surface area (Å²) in [6, 6.07) is 13.0. The molecule has 0 fully saturated rings. The first-order chi connectivity index (χ1) is 19.2. The van der Waals surface area contributed by atoms with Gasteiger partial charge in [0.1, 0.15) is 5.82 Å². The van der Waals surface area contributed by atoms with Gasteiger partial charge in [0.15, 0.2) is 10.1 Å². The topological polar surface area (TPSA) is 125 Å². The number of rotatable bonds is 6. The maximum atomic E-state index is 13.3. The van der Waals surface area contributed by atoms with Crippen LogP contribution in [0.15, 0.2) is 63.4 Å². The average molecular weight is 632 g/mol. The number of thioether (sulfide) groups is 1. The minimum atomic E-state index is -0.539. The summed E-state index contributed by atoms with van der Waals surface area (Å²) in [5, 5.41) is 22.6. The molecule has 0 bridgehead atoms. The van der Waals surface area contributed by atoms with E-state index in [1.165, 1.54) is 35.2 Å². The van der Waals surface area contributed by atoms with Crippen molar-refractivity contribution in [1.29, 1.82) is 5.26 Å². The summed E-state index contributed by atoms with van der Waals surface area (Å²) >= 11 is 20.5. The third-order valence-electron chi connectivity index (χ3n) is 6.49. The number of amides is 1. The zero-order chi connectivity index (χ0) is 28.6. The van der Waals surface area contributed by atoms with E-state index >= 15 is 0 Å². The first-order valence-corrected chi connectivity index (χ1v) is 15.0. The predicted molar refractivity (Wildman–Crippen MR) is 160 cm³/mol. The lowest BCUT2D eigenvalue weighted by Crippen LogP contribution is -2.38. The van der Waals surface area contributed by atoms with Crippen molar-refractivity contribution in [1.82, 2.24) is 10.2 Å². The maximum Gasteiger partial charge on any atom is 0.234 e. The number of allylic oxidation sites excluding steroid dienone is 3. The Bertz CT molecular complexity index is 1650. The highest BCUT2D eigenvalue weighted by molar-refractivity contribution is 8.01. The molecule has 40 heavy (non-hydrogen) atoms. The maximum absolute atomic E-state index is 13.3. The zero-order valence-electron chi connectivity index (χ0n) is 21.0. The predicted octanol–water partition coefficient (Wildman–Crippen LogP) is 6.84. The van der Waals surface area contributed by atoms with Crippen molar-refractivity contribution in [2.24, 2.45) is 5.73 Å². The molecule has 2 heterocycles. The van der Waals surface area contributed by atoms with Crippen molar-refractivity contribution in [2.75, 3.05) is 16.0 Å². The first kappa shape index (κ1) is 28.5. The largest absolute Gasteiger partial charge is 0.384 e. The number of hydrogen-bond acceptors (Lipinski definition) is 9. The fraction of sp³-hybridized carbons (Fsp3) is 0.222. The van der Waals surface area contributed by atoms with Gasteiger partial charge in [-0.2, -0.15) is 5.26 Å². The van der Waals surface area contributed by atoms with Gasteiger partial charge in [-0.25, -0.2) is 0 Å². The highest BCUT2D eigenvalue weighted by Gasteiger charge is 2.41. The Morgan fingerprint density at radius 2 is 1.98 bits per heavy atom. The van der Waals surface area contributed by atoms with Crippen LogP contribution in [-0.4, -0.2) is 27.6 Å². The second kappa shape index (κ2) is 11.8. The standard InChI is InChI=1S/C27H21Cl3N6O2S2/c1-13-4-2-5-14(8-13)23-15(11-31)25(32)36(20-6-3-7-21(37)24(20)23)26-34-35-27(40-26)39-12-22(38)33-19-10-17(29)16(28)9-18(19)30/h2,4-5,8-10,23H,3,6-7,12,32H2,1H3,(H,33,38). The van der Waals surface area contributed by atoms with Crippen LogP contribution in [0.2, 0.25) is 15.1 Å². The molecular formula is C27H21Cl3N6O2S2. The van der Waals surface area contributed by atoms with E-state index in [2.05, 4.69) is 21.6 Å². The van der Waals surface area contributed by atoms with Gasteiger partial charge in [0.05, 0.1) is 44.1 Å². The summed E-state index contributed by atoms with van der Waals surface area (Å²) < 4.78 is 0.516. The van der Waals surface area contributed by atoms with Crippen LogP contribution in [0.3, 0.4) is 0 Å². The summed E-state index contributed by atoms with van der Waals surface area (Å²) in [5.74, 6) is -0.614. The number of halogens is 3. The zero-order valence-corrected chi connectivity index (χ0v) is 24.9. The molecule has 1 atom stereocenters. The average Bonchev–Trinajstić information content (AvgIpc) is 3.38. The number of aryl methyl sites for hydroxylation is 1. The number of Topliss-reactive ketones (excluding diaryl/α,β-unsaturated/α-hetero) is 1. The van der Waals surface area contributed by atoms with Crippen LogP contribution in [-0.2, 0) is 9.59 Å². The van der Waals surface area contributed by atoms with Crippen molar-refractivity contribution in [2.45, 2.75) is 36.4 Å². The van der Waals surface area contributed by atoms with Crippen LogP contribution in [0.1, 0.15) is 36.3 Å². The molecular weight excluding hydrogens is 611 g/mol. The van der Waals surface area contributed by atoms with Gasteiger partial charge in [0.2, 0.25) is 11.0 Å². The third-order valence-corrected chi connectivity index (χ3v) is 9.56.